The van der Waals surface area contributed by atoms with Crippen LogP contribution < -0.4 is 5.11 Å². The second-order valence-electron chi connectivity index (χ2n) is 30.8. The second kappa shape index (κ2) is 77.8. The number of hydrogen-bond acceptors (Lipinski definition) is 8. The number of ether oxygens (including phenoxy) is 4. The van der Waals surface area contributed by atoms with Crippen LogP contribution in [0.2, 0.25) is 0 Å². The van der Waals surface area contributed by atoms with Crippen molar-refractivity contribution < 1.29 is 42.9 Å². The van der Waals surface area contributed by atoms with Crippen molar-refractivity contribution in [2.24, 2.45) is 0 Å². The molecule has 564 valence electrons. The van der Waals surface area contributed by atoms with Crippen LogP contribution in [0, 0.1) is 0 Å². The maximum atomic E-state index is 13.0. The largest absolute Gasteiger partial charge is 0.545 e. The summed E-state index contributed by atoms with van der Waals surface area (Å²) in [6, 6.07) is 0. The molecule has 0 aromatic heterocycles. The summed E-state index contributed by atoms with van der Waals surface area (Å²) in [5.41, 5.74) is 0. The Kier molecular flexibility index (Phi) is 76.1. The van der Waals surface area contributed by atoms with E-state index in [0.29, 0.717) is 17.4 Å². The molecule has 0 aromatic rings. The van der Waals surface area contributed by atoms with Crippen molar-refractivity contribution in [2.75, 3.05) is 47.5 Å². The molecule has 0 aliphatic rings. The van der Waals surface area contributed by atoms with Crippen LogP contribution in [-0.2, 0) is 33.3 Å². The van der Waals surface area contributed by atoms with E-state index in [2.05, 4.69) is 26.0 Å². The first-order valence-electron chi connectivity index (χ1n) is 42.8. The molecule has 0 fully saturated rings. The van der Waals surface area contributed by atoms with Crippen molar-refractivity contribution in [1.82, 2.24) is 0 Å². The van der Waals surface area contributed by atoms with Crippen LogP contribution in [0.25, 0.3) is 0 Å². The summed E-state index contributed by atoms with van der Waals surface area (Å²) in [6.07, 6.45) is 95.2. The topological polar surface area (TPSA) is 111 Å². The number of carboxylic acids is 1. The zero-order valence-corrected chi connectivity index (χ0v) is 64.8. The summed E-state index contributed by atoms with van der Waals surface area (Å²) in [7, 11) is 5.96. The lowest BCUT2D eigenvalue weighted by Gasteiger charge is -2.26. The third-order valence-electron chi connectivity index (χ3n) is 20.0. The number of unbranched alkanes of at least 4 members (excludes halogenated alkanes) is 65. The van der Waals surface area contributed by atoms with Crippen LogP contribution in [0.5, 0.6) is 0 Å². The average Bonchev–Trinajstić information content (AvgIpc) is 2.92. The molecule has 2 atom stereocenters. The van der Waals surface area contributed by atoms with Crippen LogP contribution in [0.15, 0.2) is 12.2 Å². The van der Waals surface area contributed by atoms with E-state index in [9.17, 15) is 19.5 Å². The molecule has 0 aliphatic carbocycles. The van der Waals surface area contributed by atoms with Crippen molar-refractivity contribution in [3.8, 4) is 0 Å². The molecule has 0 heterocycles. The highest BCUT2D eigenvalue weighted by Gasteiger charge is 2.22. The number of carboxylic acid groups (broad SMARTS) is 1. The number of likely N-dealkylation sites (N-methyl/N-ethyl adjacent to an activating group) is 1. The number of carbonyl (C=O) groups is 3. The van der Waals surface area contributed by atoms with E-state index in [0.717, 1.165) is 38.5 Å². The quantitative estimate of drug-likeness (QED) is 0.0195. The van der Waals surface area contributed by atoms with E-state index in [-0.39, 0.29) is 32.2 Å². The maximum Gasteiger partial charge on any atom is 0.306 e. The molecular weight excluding hydrogens is 1170 g/mol. The van der Waals surface area contributed by atoms with E-state index >= 15 is 0 Å². The zero-order valence-electron chi connectivity index (χ0n) is 64.8. The van der Waals surface area contributed by atoms with Crippen molar-refractivity contribution in [2.45, 2.75) is 476 Å². The summed E-state index contributed by atoms with van der Waals surface area (Å²) in [6.45, 7) is 4.85. The number of rotatable bonds is 82. The Balaban J connectivity index is 3.90. The van der Waals surface area contributed by atoms with Gasteiger partial charge in [-0.05, 0) is 38.5 Å². The summed E-state index contributed by atoms with van der Waals surface area (Å²) in [5, 5.41) is 11.9. The fourth-order valence-electron chi connectivity index (χ4n) is 13.5. The number of allylic oxidation sites excluding steroid dienone is 2. The standard InChI is InChI=1S/C86H167NO8/c1-6-8-10-12-14-16-18-20-22-24-26-28-30-32-34-36-38-39-40-41-42-43-44-45-47-49-51-53-55-57-59-61-63-65-67-69-71-73-75-77-84(89)95-82(81-94-86(85(90)91)92-79-78-87(3,4)5)80-93-83(88)76-74-72-70-68-66-64-62-60-58-56-54-52-50-48-46-37-35-33-31-29-27-25-23-21-19-17-15-13-11-9-7-2/h24,26,82,86H,6-23,25,27-81H2,1-5H3/b26-24-. The molecule has 0 radical (unpaired) electrons. The third-order valence-corrected chi connectivity index (χ3v) is 20.0. The highest BCUT2D eigenvalue weighted by molar-refractivity contribution is 5.70. The van der Waals surface area contributed by atoms with Gasteiger partial charge in [-0.2, -0.15) is 0 Å². The highest BCUT2D eigenvalue weighted by atomic mass is 16.7. The molecule has 0 saturated carbocycles. The van der Waals surface area contributed by atoms with Gasteiger partial charge in [-0.15, -0.1) is 0 Å². The first-order chi connectivity index (χ1) is 46.6. The van der Waals surface area contributed by atoms with Crippen molar-refractivity contribution in [3.05, 3.63) is 12.2 Å². The van der Waals surface area contributed by atoms with Gasteiger partial charge in [0.2, 0.25) is 0 Å². The fraction of sp³-hybridized carbons (Fsp3) is 0.942. The smallest absolute Gasteiger partial charge is 0.306 e. The van der Waals surface area contributed by atoms with Crippen molar-refractivity contribution in [1.29, 1.82) is 0 Å². The Labute approximate surface area is 593 Å². The number of esters is 2. The maximum absolute atomic E-state index is 13.0. The SMILES string of the molecule is CCCCCCCCCC/C=C\CCCCCCCCCCCCCCCCCCCCCCCCCCCCCC(=O)OC(COC(=O)CCCCCCCCCCCCCCCCCCCCCCCCCCCCCCCCC)COC(OCC[N+](C)(C)C)C(=O)[O-]. The minimum Gasteiger partial charge on any atom is -0.545 e. The Hall–Kier alpha value is -1.97. The monoisotopic (exact) mass is 1340 g/mol. The molecule has 0 aliphatic heterocycles. The van der Waals surface area contributed by atoms with Gasteiger partial charge < -0.3 is 33.3 Å². The van der Waals surface area contributed by atoms with Crippen molar-refractivity contribution in [3.63, 3.8) is 0 Å². The lowest BCUT2D eigenvalue weighted by Crippen LogP contribution is -2.44. The summed E-state index contributed by atoms with van der Waals surface area (Å²) >= 11 is 0. The van der Waals surface area contributed by atoms with Gasteiger partial charge in [0.25, 0.3) is 0 Å². The molecule has 2 unspecified atom stereocenters. The van der Waals surface area contributed by atoms with E-state index in [4.69, 9.17) is 18.9 Å². The highest BCUT2D eigenvalue weighted by Crippen LogP contribution is 2.21. The zero-order chi connectivity index (χ0) is 69.0. The van der Waals surface area contributed by atoms with Crippen LogP contribution in [-0.4, -0.2) is 82.3 Å². The molecule has 0 N–H and O–H groups in total. The molecule has 0 rings (SSSR count). The first-order valence-corrected chi connectivity index (χ1v) is 42.8. The fourth-order valence-corrected chi connectivity index (χ4v) is 13.5. The van der Waals surface area contributed by atoms with Gasteiger partial charge in [0.15, 0.2) is 12.4 Å². The Morgan fingerprint density at radius 3 is 0.779 bits per heavy atom. The van der Waals surface area contributed by atoms with Crippen LogP contribution in [0.3, 0.4) is 0 Å². The molecule has 0 aromatic carbocycles. The molecule has 95 heavy (non-hydrogen) atoms. The number of carbonyl (C=O) groups excluding carboxylic acids is 3. The predicted octanol–water partition coefficient (Wildman–Crippen LogP) is 26.2. The van der Waals surface area contributed by atoms with E-state index in [1.54, 1.807) is 0 Å². The van der Waals surface area contributed by atoms with Crippen LogP contribution in [0.4, 0.5) is 0 Å². The summed E-state index contributed by atoms with van der Waals surface area (Å²) in [5.74, 6) is -2.24. The van der Waals surface area contributed by atoms with Gasteiger partial charge in [-0.25, -0.2) is 0 Å². The number of nitrogens with zero attached hydrogens (tertiary/aromatic N) is 1. The van der Waals surface area contributed by atoms with Gasteiger partial charge in [0.05, 0.1) is 40.3 Å². The number of quaternary nitrogens is 1. The van der Waals surface area contributed by atoms with Crippen LogP contribution in [0.1, 0.15) is 463 Å². The lowest BCUT2D eigenvalue weighted by atomic mass is 10.0. The molecule has 0 amide bonds. The molecule has 0 saturated heterocycles. The molecule has 9 heteroatoms. The van der Waals surface area contributed by atoms with Gasteiger partial charge in [-0.3, -0.25) is 9.59 Å². The third kappa shape index (κ3) is 79.2. The Morgan fingerprint density at radius 1 is 0.305 bits per heavy atom. The average molecular weight is 1340 g/mol. The summed E-state index contributed by atoms with van der Waals surface area (Å²) < 4.78 is 22.9. The molecular formula is C86H167NO8. The normalized spacial score (nSPS) is 12.6. The Morgan fingerprint density at radius 2 is 0.537 bits per heavy atom. The van der Waals surface area contributed by atoms with E-state index < -0.39 is 24.3 Å². The molecule has 0 bridgehead atoms. The minimum atomic E-state index is -1.62. The molecule has 9 nitrogen and oxygen atoms in total. The first kappa shape index (κ1) is 93.0. The van der Waals surface area contributed by atoms with E-state index in [1.807, 2.05) is 21.1 Å². The lowest BCUT2D eigenvalue weighted by molar-refractivity contribution is -0.870. The summed E-state index contributed by atoms with van der Waals surface area (Å²) in [4.78, 5) is 37.6. The van der Waals surface area contributed by atoms with Gasteiger partial charge in [-0.1, -0.05) is 424 Å². The number of hydrogen-bond donors (Lipinski definition) is 0. The minimum absolute atomic E-state index is 0.153. The van der Waals surface area contributed by atoms with E-state index in [1.165, 1.54) is 398 Å². The van der Waals surface area contributed by atoms with Crippen LogP contribution >= 0.6 is 0 Å². The van der Waals surface area contributed by atoms with Gasteiger partial charge >= 0.3 is 11.9 Å². The molecule has 0 spiro atoms. The number of aliphatic carboxylic acids is 1. The predicted molar refractivity (Wildman–Crippen MR) is 408 cm³/mol. The Bertz CT molecular complexity index is 1560. The second-order valence-corrected chi connectivity index (χ2v) is 30.8. The van der Waals surface area contributed by atoms with Gasteiger partial charge in [0, 0.05) is 12.8 Å². The van der Waals surface area contributed by atoms with Crippen molar-refractivity contribution >= 4 is 17.9 Å². The van der Waals surface area contributed by atoms with Gasteiger partial charge in [0.1, 0.15) is 13.2 Å².